The predicted octanol–water partition coefficient (Wildman–Crippen LogP) is 0.764. The summed E-state index contributed by atoms with van der Waals surface area (Å²) in [5.74, 6) is -1.37. The van der Waals surface area contributed by atoms with Crippen molar-refractivity contribution in [2.24, 2.45) is 5.41 Å². The van der Waals surface area contributed by atoms with Crippen LogP contribution < -0.4 is 5.32 Å². The molecule has 0 bridgehead atoms. The van der Waals surface area contributed by atoms with Crippen LogP contribution in [0.3, 0.4) is 0 Å². The molecular weight excluding hydrogens is 210 g/mol. The van der Waals surface area contributed by atoms with Crippen LogP contribution in [0.1, 0.15) is 40.5 Å². The highest BCUT2D eigenvalue weighted by molar-refractivity contribution is 5.84. The summed E-state index contributed by atoms with van der Waals surface area (Å²) in [6.45, 7) is 6.40. The number of carboxylic acid groups (broad SMARTS) is 1. The Kier molecular flexibility index (Phi) is 4.93. The molecule has 0 aromatic carbocycles. The van der Waals surface area contributed by atoms with Crippen LogP contribution >= 0.6 is 0 Å². The molecule has 0 saturated carbocycles. The van der Waals surface area contributed by atoms with Crippen LogP contribution in [0.4, 0.5) is 0 Å². The highest BCUT2D eigenvalue weighted by Crippen LogP contribution is 2.21. The average Bonchev–Trinajstić information content (AvgIpc) is 2.16. The van der Waals surface area contributed by atoms with Crippen LogP contribution in [0.15, 0.2) is 0 Å². The van der Waals surface area contributed by atoms with E-state index in [4.69, 9.17) is 10.2 Å². The minimum absolute atomic E-state index is 0.0993. The molecule has 1 amide bonds. The number of aliphatic hydroxyl groups excluding tert-OH is 1. The molecule has 0 spiro atoms. The van der Waals surface area contributed by atoms with E-state index in [0.717, 1.165) is 0 Å². The summed E-state index contributed by atoms with van der Waals surface area (Å²) in [5.41, 5.74) is -1.76. The number of amides is 1. The molecule has 1 unspecified atom stereocenters. The fraction of sp³-hybridized carbons (Fsp3) is 0.818. The lowest BCUT2D eigenvalue weighted by Gasteiger charge is -2.29. The number of carbonyl (C=O) groups is 2. The highest BCUT2D eigenvalue weighted by Gasteiger charge is 2.32. The first-order valence-electron chi connectivity index (χ1n) is 5.32. The van der Waals surface area contributed by atoms with Crippen molar-refractivity contribution >= 4 is 11.9 Å². The van der Waals surface area contributed by atoms with Gasteiger partial charge in [0.25, 0.3) is 0 Å². The Balaban J connectivity index is 4.45. The maximum atomic E-state index is 11.6. The lowest BCUT2D eigenvalue weighted by Crippen LogP contribution is -2.49. The number of carbonyl (C=O) groups excluding carboxylic acids is 1. The summed E-state index contributed by atoms with van der Waals surface area (Å²) in [6.07, 6.45) is 0.487. The zero-order valence-corrected chi connectivity index (χ0v) is 10.3. The van der Waals surface area contributed by atoms with Gasteiger partial charge in [-0.05, 0) is 27.2 Å². The van der Waals surface area contributed by atoms with Crippen LogP contribution in [-0.2, 0) is 9.59 Å². The number of nitrogens with one attached hydrogen (secondary N) is 1. The first-order valence-corrected chi connectivity index (χ1v) is 5.32. The fourth-order valence-electron chi connectivity index (χ4n) is 1.10. The second kappa shape index (κ2) is 5.30. The first kappa shape index (κ1) is 14.9. The van der Waals surface area contributed by atoms with Gasteiger partial charge in [0.1, 0.15) is 0 Å². The van der Waals surface area contributed by atoms with Gasteiger partial charge < -0.3 is 15.5 Å². The van der Waals surface area contributed by atoms with Gasteiger partial charge in [-0.15, -0.1) is 0 Å². The monoisotopic (exact) mass is 231 g/mol. The summed E-state index contributed by atoms with van der Waals surface area (Å²) >= 11 is 0. The maximum Gasteiger partial charge on any atom is 0.309 e. The Bertz CT molecular complexity index is 269. The molecule has 3 N–H and O–H groups in total. The summed E-state index contributed by atoms with van der Waals surface area (Å²) in [5, 5.41) is 20.6. The molecule has 0 fully saturated rings. The van der Waals surface area contributed by atoms with Gasteiger partial charge in [0.05, 0.1) is 17.6 Å². The molecule has 0 aromatic rings. The molecule has 1 atom stereocenters. The molecule has 0 aliphatic heterocycles. The second-order valence-corrected chi connectivity index (χ2v) is 4.99. The van der Waals surface area contributed by atoms with Crippen molar-refractivity contribution in [1.82, 2.24) is 5.32 Å². The van der Waals surface area contributed by atoms with Gasteiger partial charge in [0.15, 0.2) is 0 Å². The molecule has 0 aliphatic carbocycles. The first-order chi connectivity index (χ1) is 7.17. The van der Waals surface area contributed by atoms with Gasteiger partial charge >= 0.3 is 5.97 Å². The zero-order valence-electron chi connectivity index (χ0n) is 10.3. The lowest BCUT2D eigenvalue weighted by molar-refractivity contribution is -0.149. The van der Waals surface area contributed by atoms with E-state index in [1.54, 1.807) is 6.92 Å². The van der Waals surface area contributed by atoms with Crippen molar-refractivity contribution in [3.05, 3.63) is 0 Å². The fourth-order valence-corrected chi connectivity index (χ4v) is 1.10. The molecule has 0 aromatic heterocycles. The molecular formula is C11H21NO4. The van der Waals surface area contributed by atoms with E-state index in [1.807, 2.05) is 6.92 Å². The van der Waals surface area contributed by atoms with Crippen molar-refractivity contribution in [3.8, 4) is 0 Å². The molecule has 0 aliphatic rings. The lowest BCUT2D eigenvalue weighted by atomic mass is 9.88. The van der Waals surface area contributed by atoms with Crippen LogP contribution in [-0.4, -0.2) is 34.2 Å². The second-order valence-electron chi connectivity index (χ2n) is 4.99. The Morgan fingerprint density at radius 1 is 1.25 bits per heavy atom. The number of aliphatic hydroxyl groups is 1. The normalized spacial score (nSPS) is 15.3. The molecule has 5 nitrogen and oxygen atoms in total. The molecule has 16 heavy (non-hydrogen) atoms. The van der Waals surface area contributed by atoms with Crippen LogP contribution in [0, 0.1) is 5.41 Å². The summed E-state index contributed by atoms with van der Waals surface area (Å²) in [4.78, 5) is 22.4. The standard InChI is InChI=1S/C11H21NO4/c1-5-11(4,7-13)12-8(14)6-10(2,3)9(15)16/h13H,5-7H2,1-4H3,(H,12,14)(H,15,16). The number of aliphatic carboxylic acids is 1. The topological polar surface area (TPSA) is 86.6 Å². The van der Waals surface area contributed by atoms with Crippen molar-refractivity contribution in [3.63, 3.8) is 0 Å². The van der Waals surface area contributed by atoms with Crippen molar-refractivity contribution in [1.29, 1.82) is 0 Å². The smallest absolute Gasteiger partial charge is 0.309 e. The zero-order chi connectivity index (χ0) is 13.0. The van der Waals surface area contributed by atoms with E-state index in [-0.39, 0.29) is 18.9 Å². The van der Waals surface area contributed by atoms with E-state index in [2.05, 4.69) is 5.32 Å². The van der Waals surface area contributed by atoms with Crippen molar-refractivity contribution in [2.75, 3.05) is 6.61 Å². The van der Waals surface area contributed by atoms with E-state index < -0.39 is 16.9 Å². The molecule has 5 heteroatoms. The third kappa shape index (κ3) is 4.18. The summed E-state index contributed by atoms with van der Waals surface area (Å²) in [6, 6.07) is 0. The van der Waals surface area contributed by atoms with Crippen molar-refractivity contribution < 1.29 is 19.8 Å². The predicted molar refractivity (Wildman–Crippen MR) is 60.0 cm³/mol. The van der Waals surface area contributed by atoms with Crippen LogP contribution in [0.25, 0.3) is 0 Å². The molecule has 0 radical (unpaired) electrons. The van der Waals surface area contributed by atoms with Gasteiger partial charge in [0.2, 0.25) is 5.91 Å². The highest BCUT2D eigenvalue weighted by atomic mass is 16.4. The number of rotatable bonds is 6. The van der Waals surface area contributed by atoms with Gasteiger partial charge in [-0.25, -0.2) is 0 Å². The Hall–Kier alpha value is -1.10. The van der Waals surface area contributed by atoms with E-state index in [9.17, 15) is 9.59 Å². The Labute approximate surface area is 95.9 Å². The Morgan fingerprint density at radius 2 is 1.75 bits per heavy atom. The molecule has 94 valence electrons. The van der Waals surface area contributed by atoms with Gasteiger partial charge in [-0.2, -0.15) is 0 Å². The Morgan fingerprint density at radius 3 is 2.06 bits per heavy atom. The van der Waals surface area contributed by atoms with Gasteiger partial charge in [-0.1, -0.05) is 6.92 Å². The largest absolute Gasteiger partial charge is 0.481 e. The third-order valence-electron chi connectivity index (χ3n) is 2.75. The average molecular weight is 231 g/mol. The van der Waals surface area contributed by atoms with Crippen molar-refractivity contribution in [2.45, 2.75) is 46.1 Å². The minimum atomic E-state index is -1.09. The third-order valence-corrected chi connectivity index (χ3v) is 2.75. The van der Waals surface area contributed by atoms with Gasteiger partial charge in [0, 0.05) is 6.42 Å². The maximum absolute atomic E-state index is 11.6. The van der Waals surface area contributed by atoms with E-state index >= 15 is 0 Å². The quantitative estimate of drug-likeness (QED) is 0.630. The molecule has 0 saturated heterocycles. The SMILES string of the molecule is CCC(C)(CO)NC(=O)CC(C)(C)C(=O)O. The van der Waals surface area contributed by atoms with E-state index in [1.165, 1.54) is 13.8 Å². The van der Waals surface area contributed by atoms with E-state index in [0.29, 0.717) is 6.42 Å². The van der Waals surface area contributed by atoms with Crippen LogP contribution in [0.2, 0.25) is 0 Å². The number of hydrogen-bond donors (Lipinski definition) is 3. The minimum Gasteiger partial charge on any atom is -0.481 e. The van der Waals surface area contributed by atoms with Crippen LogP contribution in [0.5, 0.6) is 0 Å². The molecule has 0 heterocycles. The summed E-state index contributed by atoms with van der Waals surface area (Å²) in [7, 11) is 0. The summed E-state index contributed by atoms with van der Waals surface area (Å²) < 4.78 is 0. The molecule has 0 rings (SSSR count). The van der Waals surface area contributed by atoms with Gasteiger partial charge in [-0.3, -0.25) is 9.59 Å². The number of hydrogen-bond acceptors (Lipinski definition) is 3. The number of carboxylic acids is 1.